The first kappa shape index (κ1) is 15.3. The molecule has 0 aliphatic rings. The first-order valence-corrected chi connectivity index (χ1v) is 7.02. The lowest BCUT2D eigenvalue weighted by atomic mass is 10.2. The summed E-state index contributed by atoms with van der Waals surface area (Å²) in [6.45, 7) is 0.526. The van der Waals surface area contributed by atoms with Crippen molar-refractivity contribution in [2.45, 2.75) is 6.61 Å². The summed E-state index contributed by atoms with van der Waals surface area (Å²) >= 11 is 3.33. The zero-order chi connectivity index (χ0) is 15.1. The molecule has 3 N–H and O–H groups in total. The smallest absolute Gasteiger partial charge is 0.189 e. The molecule has 0 saturated heterocycles. The first-order chi connectivity index (χ1) is 10.2. The molecule has 0 aromatic heterocycles. The number of nitrogens with zero attached hydrogens (tertiary/aromatic N) is 1. The second kappa shape index (κ2) is 7.66. The second-order valence-electron chi connectivity index (χ2n) is 4.22. The van der Waals surface area contributed by atoms with Crippen LogP contribution in [0.5, 0.6) is 5.75 Å². The molecule has 6 heteroatoms. The molecular formula is C15H15BrN2O3. The number of ether oxygens (including phenoxy) is 2. The quantitative estimate of drug-likeness (QED) is 0.209. The van der Waals surface area contributed by atoms with Crippen LogP contribution in [0.1, 0.15) is 11.1 Å². The third kappa shape index (κ3) is 4.47. The van der Waals surface area contributed by atoms with Gasteiger partial charge in [-0.3, -0.25) is 0 Å². The van der Waals surface area contributed by atoms with Gasteiger partial charge in [0.1, 0.15) is 5.75 Å². The lowest BCUT2D eigenvalue weighted by Crippen LogP contribution is -2.15. The molecule has 0 atom stereocenters. The number of hydrogen-bond acceptors (Lipinski definition) is 4. The minimum absolute atomic E-state index is 0.0191. The molecule has 0 fully saturated rings. The average Bonchev–Trinajstić information content (AvgIpc) is 2.53. The van der Waals surface area contributed by atoms with Crippen LogP contribution in [0.4, 0.5) is 0 Å². The third-order valence-corrected chi connectivity index (χ3v) is 3.23. The number of halogens is 1. The van der Waals surface area contributed by atoms with Crippen LogP contribution >= 0.6 is 15.9 Å². The number of nitrogens with two attached hydrogens (primary N) is 1. The maximum Gasteiger partial charge on any atom is 0.189 e. The highest BCUT2D eigenvalue weighted by Crippen LogP contribution is 2.23. The molecule has 2 aromatic carbocycles. The topological polar surface area (TPSA) is 77.1 Å². The summed E-state index contributed by atoms with van der Waals surface area (Å²) in [6, 6.07) is 15.0. The summed E-state index contributed by atoms with van der Waals surface area (Å²) in [7, 11) is 0. The molecule has 0 heterocycles. The Balaban J connectivity index is 1.94. The summed E-state index contributed by atoms with van der Waals surface area (Å²) in [4.78, 5) is 0. The maximum atomic E-state index is 8.78. The lowest BCUT2D eigenvalue weighted by molar-refractivity contribution is 0.00493. The van der Waals surface area contributed by atoms with Crippen molar-refractivity contribution in [3.8, 4) is 5.75 Å². The fraction of sp³-hybridized carbons (Fsp3) is 0.133. The van der Waals surface area contributed by atoms with Gasteiger partial charge in [-0.15, -0.1) is 0 Å². The van der Waals surface area contributed by atoms with Gasteiger partial charge in [-0.05, 0) is 23.8 Å². The van der Waals surface area contributed by atoms with Gasteiger partial charge in [0.05, 0.1) is 12.2 Å². The zero-order valence-electron chi connectivity index (χ0n) is 11.2. The Morgan fingerprint density at radius 3 is 2.67 bits per heavy atom. The van der Waals surface area contributed by atoms with E-state index in [-0.39, 0.29) is 12.6 Å². The van der Waals surface area contributed by atoms with Gasteiger partial charge >= 0.3 is 0 Å². The molecule has 2 aromatic rings. The van der Waals surface area contributed by atoms with Crippen molar-refractivity contribution in [3.05, 3.63) is 64.1 Å². The van der Waals surface area contributed by atoms with E-state index in [0.29, 0.717) is 17.9 Å². The highest BCUT2D eigenvalue weighted by Gasteiger charge is 2.09. The molecule has 110 valence electrons. The van der Waals surface area contributed by atoms with E-state index in [9.17, 15) is 0 Å². The Kier molecular flexibility index (Phi) is 5.59. The molecule has 0 amide bonds. The number of rotatable bonds is 6. The second-order valence-corrected chi connectivity index (χ2v) is 5.14. The molecule has 0 aliphatic carbocycles. The van der Waals surface area contributed by atoms with Crippen molar-refractivity contribution in [1.29, 1.82) is 0 Å². The van der Waals surface area contributed by atoms with E-state index in [1.54, 1.807) is 18.2 Å². The van der Waals surface area contributed by atoms with Gasteiger partial charge in [0.2, 0.25) is 0 Å². The number of oxime groups is 1. The number of benzene rings is 2. The molecule has 2 rings (SSSR count). The van der Waals surface area contributed by atoms with Crippen LogP contribution in [0.15, 0.2) is 58.2 Å². The van der Waals surface area contributed by atoms with Gasteiger partial charge in [0.15, 0.2) is 12.6 Å². The standard InChI is InChI=1S/C15H15BrN2O3/c16-12-6-7-14(13(8-12)15(17)18-19)21-10-20-9-11-4-2-1-3-5-11/h1-8,19H,9-10H2,(H2,17,18). The van der Waals surface area contributed by atoms with Crippen molar-refractivity contribution < 1.29 is 14.7 Å². The van der Waals surface area contributed by atoms with Crippen LogP contribution < -0.4 is 10.5 Å². The monoisotopic (exact) mass is 350 g/mol. The fourth-order valence-electron chi connectivity index (χ4n) is 1.72. The van der Waals surface area contributed by atoms with Gasteiger partial charge in [-0.2, -0.15) is 0 Å². The third-order valence-electron chi connectivity index (χ3n) is 2.73. The highest BCUT2D eigenvalue weighted by molar-refractivity contribution is 9.10. The molecule has 5 nitrogen and oxygen atoms in total. The molecular weight excluding hydrogens is 336 g/mol. The van der Waals surface area contributed by atoms with E-state index in [0.717, 1.165) is 10.0 Å². The Bertz CT molecular complexity index is 618. The Morgan fingerprint density at radius 2 is 1.95 bits per heavy atom. The van der Waals surface area contributed by atoms with Gasteiger partial charge in [-0.1, -0.05) is 51.4 Å². The van der Waals surface area contributed by atoms with Crippen LogP contribution in [0.3, 0.4) is 0 Å². The Hall–Kier alpha value is -2.05. The largest absolute Gasteiger partial charge is 0.467 e. The van der Waals surface area contributed by atoms with E-state index in [2.05, 4.69) is 21.1 Å². The van der Waals surface area contributed by atoms with Crippen molar-refractivity contribution in [2.75, 3.05) is 6.79 Å². The molecule has 0 unspecified atom stereocenters. The van der Waals surface area contributed by atoms with Crippen molar-refractivity contribution >= 4 is 21.8 Å². The zero-order valence-corrected chi connectivity index (χ0v) is 12.8. The fourth-order valence-corrected chi connectivity index (χ4v) is 2.08. The van der Waals surface area contributed by atoms with E-state index >= 15 is 0 Å². The average molecular weight is 351 g/mol. The SMILES string of the molecule is N/C(=N/O)c1cc(Br)ccc1OCOCc1ccccc1. The minimum Gasteiger partial charge on any atom is -0.467 e. The lowest BCUT2D eigenvalue weighted by Gasteiger charge is -2.11. The predicted octanol–water partition coefficient (Wildman–Crippen LogP) is 3.10. The van der Waals surface area contributed by atoms with Crippen LogP contribution in [0.2, 0.25) is 0 Å². The minimum atomic E-state index is -0.0191. The molecule has 0 aliphatic heterocycles. The van der Waals surface area contributed by atoms with Crippen LogP contribution in [-0.4, -0.2) is 17.8 Å². The van der Waals surface area contributed by atoms with E-state index in [1.807, 2.05) is 30.3 Å². The molecule has 0 saturated carbocycles. The van der Waals surface area contributed by atoms with E-state index in [1.165, 1.54) is 0 Å². The predicted molar refractivity (Wildman–Crippen MR) is 83.4 cm³/mol. The van der Waals surface area contributed by atoms with Gasteiger partial charge in [0, 0.05) is 4.47 Å². The van der Waals surface area contributed by atoms with E-state index in [4.69, 9.17) is 20.4 Å². The normalized spacial score (nSPS) is 11.4. The number of amidine groups is 1. The van der Waals surface area contributed by atoms with Crippen molar-refractivity contribution in [1.82, 2.24) is 0 Å². The van der Waals surface area contributed by atoms with Crippen LogP contribution in [0, 0.1) is 0 Å². The van der Waals surface area contributed by atoms with Gasteiger partial charge in [-0.25, -0.2) is 0 Å². The van der Waals surface area contributed by atoms with Crippen molar-refractivity contribution in [2.24, 2.45) is 10.9 Å². The highest BCUT2D eigenvalue weighted by atomic mass is 79.9. The summed E-state index contributed by atoms with van der Waals surface area (Å²) in [5.41, 5.74) is 7.18. The van der Waals surface area contributed by atoms with Gasteiger partial charge in [0.25, 0.3) is 0 Å². The number of hydrogen-bond donors (Lipinski definition) is 2. The Morgan fingerprint density at radius 1 is 1.19 bits per heavy atom. The maximum absolute atomic E-state index is 8.78. The molecule has 0 radical (unpaired) electrons. The van der Waals surface area contributed by atoms with Crippen LogP contribution in [-0.2, 0) is 11.3 Å². The van der Waals surface area contributed by atoms with Crippen LogP contribution in [0.25, 0.3) is 0 Å². The van der Waals surface area contributed by atoms with Gasteiger partial charge < -0.3 is 20.4 Å². The van der Waals surface area contributed by atoms with Crippen molar-refractivity contribution in [3.63, 3.8) is 0 Å². The Labute approximate surface area is 131 Å². The molecule has 0 bridgehead atoms. The summed E-state index contributed by atoms with van der Waals surface area (Å²) in [5, 5.41) is 11.8. The first-order valence-electron chi connectivity index (χ1n) is 6.22. The van der Waals surface area contributed by atoms with E-state index < -0.39 is 0 Å². The summed E-state index contributed by atoms with van der Waals surface area (Å²) < 4.78 is 11.8. The summed E-state index contributed by atoms with van der Waals surface area (Å²) in [6.07, 6.45) is 0. The molecule has 21 heavy (non-hydrogen) atoms. The summed E-state index contributed by atoms with van der Waals surface area (Å²) in [5.74, 6) is 0.468. The molecule has 0 spiro atoms.